The van der Waals surface area contributed by atoms with Crippen LogP contribution >= 0.6 is 0 Å². The van der Waals surface area contributed by atoms with E-state index in [0.717, 1.165) is 24.8 Å². The summed E-state index contributed by atoms with van der Waals surface area (Å²) in [7, 11) is 0. The quantitative estimate of drug-likeness (QED) is 0.224. The van der Waals surface area contributed by atoms with Gasteiger partial charge in [0.2, 0.25) is 5.91 Å². The van der Waals surface area contributed by atoms with Crippen molar-refractivity contribution in [1.82, 2.24) is 10.2 Å². The first-order chi connectivity index (χ1) is 22.0. The molecule has 3 rings (SSSR count). The smallest absolute Gasteiger partial charge is 0.329 e. The Balaban J connectivity index is 1.70. The normalized spacial score (nSPS) is 20.7. The van der Waals surface area contributed by atoms with Gasteiger partial charge in [0.05, 0.1) is 29.4 Å². The lowest BCUT2D eigenvalue weighted by atomic mass is 9.95. The summed E-state index contributed by atoms with van der Waals surface area (Å²) in [6, 6.07) is 7.88. The van der Waals surface area contributed by atoms with Crippen molar-refractivity contribution in [2.75, 3.05) is 26.4 Å². The Kier molecular flexibility index (Phi) is 13.4. The van der Waals surface area contributed by atoms with Gasteiger partial charge in [-0.3, -0.25) is 19.2 Å². The predicted octanol–water partition coefficient (Wildman–Crippen LogP) is 4.56. The Morgan fingerprint density at radius 2 is 1.49 bits per heavy atom. The van der Waals surface area contributed by atoms with E-state index in [-0.39, 0.29) is 43.7 Å². The van der Waals surface area contributed by atoms with Crippen LogP contribution in [-0.4, -0.2) is 85.3 Å². The molecule has 0 aromatic heterocycles. The number of nitrogens with zero attached hydrogens (tertiary/aromatic N) is 1. The Bertz CT molecular complexity index is 1210. The number of fused-ring (bicyclic) bond motifs is 1. The van der Waals surface area contributed by atoms with E-state index in [1.54, 1.807) is 60.3 Å². The van der Waals surface area contributed by atoms with Crippen molar-refractivity contribution in [3.05, 3.63) is 35.9 Å². The van der Waals surface area contributed by atoms with Gasteiger partial charge in [0.15, 0.2) is 6.10 Å². The Morgan fingerprint density at radius 3 is 2.04 bits per heavy atom. The topological polar surface area (TPSA) is 138 Å². The lowest BCUT2D eigenvalue weighted by Crippen LogP contribution is -2.53. The number of esters is 4. The third-order valence-electron chi connectivity index (χ3n) is 8.70. The summed E-state index contributed by atoms with van der Waals surface area (Å²) >= 11 is 0. The maximum Gasteiger partial charge on any atom is 0.329 e. The zero-order valence-corrected chi connectivity index (χ0v) is 29.3. The zero-order chi connectivity index (χ0) is 34.9. The molecule has 1 saturated heterocycles. The van der Waals surface area contributed by atoms with E-state index in [0.29, 0.717) is 19.4 Å². The van der Waals surface area contributed by atoms with Gasteiger partial charge < -0.3 is 29.2 Å². The van der Waals surface area contributed by atoms with E-state index in [4.69, 9.17) is 18.9 Å². The van der Waals surface area contributed by atoms with Crippen LogP contribution in [0.4, 0.5) is 0 Å². The van der Waals surface area contributed by atoms with Gasteiger partial charge in [0, 0.05) is 6.04 Å². The summed E-state index contributed by atoms with van der Waals surface area (Å²) in [6.45, 7) is 13.9. The molecule has 5 atom stereocenters. The summed E-state index contributed by atoms with van der Waals surface area (Å²) in [5.74, 6) is -2.41. The molecule has 1 amide bonds. The number of benzene rings is 1. The molecule has 1 aliphatic heterocycles. The van der Waals surface area contributed by atoms with E-state index in [2.05, 4.69) is 5.32 Å². The molecule has 47 heavy (non-hydrogen) atoms. The molecule has 2 fully saturated rings. The van der Waals surface area contributed by atoms with Gasteiger partial charge >= 0.3 is 23.9 Å². The molecule has 11 nitrogen and oxygen atoms in total. The molecule has 11 heteroatoms. The highest BCUT2D eigenvalue weighted by atomic mass is 16.6. The minimum Gasteiger partial charge on any atom is -0.466 e. The first-order valence-corrected chi connectivity index (χ1v) is 16.9. The Hall–Kier alpha value is -3.47. The van der Waals surface area contributed by atoms with Crippen molar-refractivity contribution >= 4 is 29.8 Å². The predicted molar refractivity (Wildman–Crippen MR) is 175 cm³/mol. The fourth-order valence-electron chi connectivity index (χ4n) is 6.05. The molecule has 1 aromatic carbocycles. The lowest BCUT2D eigenvalue weighted by Gasteiger charge is -2.32. The molecule has 2 aliphatic rings. The van der Waals surface area contributed by atoms with E-state index >= 15 is 0 Å². The van der Waals surface area contributed by atoms with Gasteiger partial charge in [-0.1, -0.05) is 36.8 Å². The molecule has 262 valence electrons. The largest absolute Gasteiger partial charge is 0.466 e. The summed E-state index contributed by atoms with van der Waals surface area (Å²) in [5.41, 5.74) is -0.703. The molecule has 1 saturated carbocycles. The van der Waals surface area contributed by atoms with Gasteiger partial charge in [0.1, 0.15) is 19.3 Å². The molecular formula is C36H54N2O9. The van der Waals surface area contributed by atoms with Crippen molar-refractivity contribution in [3.63, 3.8) is 0 Å². The number of hydrogen-bond donors (Lipinski definition) is 1. The van der Waals surface area contributed by atoms with Gasteiger partial charge in [-0.15, -0.1) is 0 Å². The number of carbonyl (C=O) groups is 5. The second kappa shape index (κ2) is 16.6. The van der Waals surface area contributed by atoms with E-state index in [9.17, 15) is 24.0 Å². The van der Waals surface area contributed by atoms with E-state index < -0.39 is 52.8 Å². The monoisotopic (exact) mass is 658 g/mol. The molecule has 0 bridgehead atoms. The first-order valence-electron chi connectivity index (χ1n) is 16.9. The van der Waals surface area contributed by atoms with Gasteiger partial charge in [-0.25, -0.2) is 4.79 Å². The summed E-state index contributed by atoms with van der Waals surface area (Å²) in [6.07, 6.45) is 2.54. The van der Waals surface area contributed by atoms with Gasteiger partial charge in [-0.05, 0) is 99.1 Å². The number of rotatable bonds is 14. The van der Waals surface area contributed by atoms with Crippen LogP contribution in [0.1, 0.15) is 99.0 Å². The number of hydrogen-bond acceptors (Lipinski definition) is 10. The second-order valence-corrected chi connectivity index (χ2v) is 14.7. The highest BCUT2D eigenvalue weighted by Gasteiger charge is 2.50. The second-order valence-electron chi connectivity index (χ2n) is 14.7. The highest BCUT2D eigenvalue weighted by molar-refractivity contribution is 5.88. The van der Waals surface area contributed by atoms with E-state index in [1.165, 1.54) is 0 Å². The van der Waals surface area contributed by atoms with Crippen LogP contribution in [0.25, 0.3) is 0 Å². The summed E-state index contributed by atoms with van der Waals surface area (Å²) in [4.78, 5) is 67.0. The minimum atomic E-state index is -1.04. The number of likely N-dealkylation sites (tertiary alicyclic amines) is 1. The molecule has 1 N–H and O–H groups in total. The van der Waals surface area contributed by atoms with Crippen molar-refractivity contribution in [2.45, 2.75) is 118 Å². The third kappa shape index (κ3) is 10.5. The van der Waals surface area contributed by atoms with Crippen molar-refractivity contribution in [1.29, 1.82) is 0 Å². The molecule has 0 radical (unpaired) electrons. The van der Waals surface area contributed by atoms with Crippen LogP contribution in [0.15, 0.2) is 30.3 Å². The van der Waals surface area contributed by atoms with Crippen molar-refractivity contribution in [2.24, 2.45) is 16.7 Å². The molecule has 1 unspecified atom stereocenters. The highest BCUT2D eigenvalue weighted by Crippen LogP contribution is 2.42. The van der Waals surface area contributed by atoms with Crippen LogP contribution in [0.2, 0.25) is 0 Å². The SMILES string of the molecule is CCOC(=O)C(CCN[C@@H](C)C(=O)N1[C@H](C(=O)OC(COC(=O)C(C)(C)C)COC(=O)C(C)(C)C)C[C@@H]2CCC[C@@H]21)c1ccccc1. The molecule has 1 aromatic rings. The average Bonchev–Trinajstić information content (AvgIpc) is 3.61. The molecular weight excluding hydrogens is 604 g/mol. The molecule has 1 heterocycles. The van der Waals surface area contributed by atoms with Crippen LogP contribution in [0, 0.1) is 16.7 Å². The molecule has 0 spiro atoms. The van der Waals surface area contributed by atoms with Crippen LogP contribution in [-0.2, 0) is 42.9 Å². The number of carbonyl (C=O) groups excluding carboxylic acids is 5. The zero-order valence-electron chi connectivity index (χ0n) is 29.3. The maximum absolute atomic E-state index is 13.9. The van der Waals surface area contributed by atoms with E-state index in [1.807, 2.05) is 30.3 Å². The van der Waals surface area contributed by atoms with Crippen LogP contribution < -0.4 is 5.32 Å². The first kappa shape index (κ1) is 38.0. The van der Waals surface area contributed by atoms with Crippen molar-refractivity contribution < 1.29 is 42.9 Å². The fraction of sp³-hybridized carbons (Fsp3) is 0.694. The number of amides is 1. The van der Waals surface area contributed by atoms with Crippen LogP contribution in [0.5, 0.6) is 0 Å². The number of nitrogens with one attached hydrogen (secondary N) is 1. The summed E-state index contributed by atoms with van der Waals surface area (Å²) < 4.78 is 22.0. The van der Waals surface area contributed by atoms with Crippen molar-refractivity contribution in [3.8, 4) is 0 Å². The molecule has 1 aliphatic carbocycles. The maximum atomic E-state index is 13.9. The van der Waals surface area contributed by atoms with Crippen LogP contribution in [0.3, 0.4) is 0 Å². The standard InChI is InChI=1S/C36H54N2O9/c1-9-44-31(40)27(24-14-11-10-12-15-24)18-19-37-23(2)30(39)38-28-17-13-16-25(28)20-29(38)32(41)47-26(21-45-33(42)35(3,4)5)22-46-34(43)36(6,7)8/h10-12,14-15,23,25-29,37H,9,13,16-22H2,1-8H3/t23-,25-,27?,28-,29-/m0/s1. The average molecular weight is 659 g/mol. The third-order valence-corrected chi connectivity index (χ3v) is 8.70. The lowest BCUT2D eigenvalue weighted by molar-refractivity contribution is -0.175. The van der Waals surface area contributed by atoms with Gasteiger partial charge in [0.25, 0.3) is 0 Å². The Morgan fingerprint density at radius 1 is 0.894 bits per heavy atom. The van der Waals surface area contributed by atoms with Gasteiger partial charge in [-0.2, -0.15) is 0 Å². The number of ether oxygens (including phenoxy) is 4. The Labute approximate surface area is 279 Å². The minimum absolute atomic E-state index is 0.0863. The summed E-state index contributed by atoms with van der Waals surface area (Å²) in [5, 5.41) is 3.26. The fourth-order valence-corrected chi connectivity index (χ4v) is 6.05.